The summed E-state index contributed by atoms with van der Waals surface area (Å²) < 4.78 is 7.27. The van der Waals surface area contributed by atoms with E-state index in [2.05, 4.69) is 34.7 Å². The Morgan fingerprint density at radius 2 is 2.24 bits per heavy atom. The van der Waals surface area contributed by atoms with Gasteiger partial charge in [-0.1, -0.05) is 18.2 Å². The van der Waals surface area contributed by atoms with Gasteiger partial charge < -0.3 is 10.1 Å². The number of hydrogen-bond acceptors (Lipinski definition) is 4. The molecule has 1 aliphatic rings. The van der Waals surface area contributed by atoms with Crippen molar-refractivity contribution in [3.63, 3.8) is 0 Å². The van der Waals surface area contributed by atoms with Gasteiger partial charge >= 0.3 is 0 Å². The number of methoxy groups -OCH3 is 1. The molecule has 0 radical (unpaired) electrons. The maximum Gasteiger partial charge on any atom is 0.216 e. The fourth-order valence-electron chi connectivity index (χ4n) is 2.92. The third-order valence-corrected chi connectivity index (χ3v) is 5.09. The van der Waals surface area contributed by atoms with Crippen LogP contribution in [0.2, 0.25) is 0 Å². The van der Waals surface area contributed by atoms with Gasteiger partial charge in [-0.05, 0) is 30.7 Å². The molecule has 2 aromatic rings. The predicted molar refractivity (Wildman–Crippen MR) is 85.9 cm³/mol. The molecule has 0 amide bonds. The van der Waals surface area contributed by atoms with E-state index in [1.165, 1.54) is 10.5 Å². The molecule has 2 heterocycles. The van der Waals surface area contributed by atoms with Gasteiger partial charge in [0, 0.05) is 24.5 Å². The maximum atomic E-state index is 5.46. The van der Waals surface area contributed by atoms with Crippen molar-refractivity contribution in [2.24, 2.45) is 7.05 Å². The first kappa shape index (κ1) is 14.5. The Kier molecular flexibility index (Phi) is 4.22. The van der Waals surface area contributed by atoms with E-state index < -0.39 is 0 Å². The van der Waals surface area contributed by atoms with Gasteiger partial charge in [0.1, 0.15) is 0 Å². The van der Waals surface area contributed by atoms with Crippen LogP contribution in [0.25, 0.3) is 0 Å². The predicted octanol–water partition coefficient (Wildman–Crippen LogP) is 3.06. The van der Waals surface area contributed by atoms with Gasteiger partial charge in [0.05, 0.1) is 18.4 Å². The first-order chi connectivity index (χ1) is 10.2. The van der Waals surface area contributed by atoms with Gasteiger partial charge in [0.15, 0.2) is 0 Å². The normalized spacial score (nSPS) is 17.6. The quantitative estimate of drug-likeness (QED) is 0.942. The zero-order valence-electron chi connectivity index (χ0n) is 12.7. The molecule has 1 aliphatic heterocycles. The van der Waals surface area contributed by atoms with Crippen LogP contribution < -0.4 is 10.1 Å². The molecule has 1 atom stereocenters. The van der Waals surface area contributed by atoms with Gasteiger partial charge in [0.25, 0.3) is 0 Å². The summed E-state index contributed by atoms with van der Waals surface area (Å²) in [5.41, 5.74) is 3.59. The SMILES string of the molecule is COc1c(CNC2CCSc3ccccc32)c(C)nn1C. The summed E-state index contributed by atoms with van der Waals surface area (Å²) in [7, 11) is 3.62. The Balaban J connectivity index is 1.78. The van der Waals surface area contributed by atoms with E-state index in [1.54, 1.807) is 11.8 Å². The maximum absolute atomic E-state index is 5.46. The highest BCUT2D eigenvalue weighted by molar-refractivity contribution is 7.99. The second kappa shape index (κ2) is 6.12. The smallest absolute Gasteiger partial charge is 0.216 e. The van der Waals surface area contributed by atoms with Crippen molar-refractivity contribution < 1.29 is 4.74 Å². The lowest BCUT2D eigenvalue weighted by Crippen LogP contribution is -2.24. The van der Waals surface area contributed by atoms with Crippen molar-refractivity contribution in [1.29, 1.82) is 0 Å². The van der Waals surface area contributed by atoms with Crippen molar-refractivity contribution in [3.05, 3.63) is 41.1 Å². The molecule has 5 heteroatoms. The second-order valence-corrected chi connectivity index (χ2v) is 6.44. The molecule has 0 saturated carbocycles. The van der Waals surface area contributed by atoms with Gasteiger partial charge in [0.2, 0.25) is 5.88 Å². The number of fused-ring (bicyclic) bond motifs is 1. The molecule has 1 unspecified atom stereocenters. The van der Waals surface area contributed by atoms with Crippen LogP contribution in [-0.4, -0.2) is 22.6 Å². The Labute approximate surface area is 129 Å². The van der Waals surface area contributed by atoms with Crippen LogP contribution in [0.5, 0.6) is 5.88 Å². The van der Waals surface area contributed by atoms with Gasteiger partial charge in [-0.25, -0.2) is 4.68 Å². The monoisotopic (exact) mass is 303 g/mol. The Morgan fingerprint density at radius 1 is 1.43 bits per heavy atom. The fraction of sp³-hybridized carbons (Fsp3) is 0.438. The van der Waals surface area contributed by atoms with Crippen molar-refractivity contribution in [2.45, 2.75) is 30.8 Å². The van der Waals surface area contributed by atoms with E-state index >= 15 is 0 Å². The highest BCUT2D eigenvalue weighted by atomic mass is 32.2. The van der Waals surface area contributed by atoms with E-state index in [9.17, 15) is 0 Å². The van der Waals surface area contributed by atoms with Crippen molar-refractivity contribution >= 4 is 11.8 Å². The van der Waals surface area contributed by atoms with Gasteiger partial charge in [-0.2, -0.15) is 5.10 Å². The van der Waals surface area contributed by atoms with Crippen molar-refractivity contribution in [2.75, 3.05) is 12.9 Å². The molecule has 4 nitrogen and oxygen atoms in total. The lowest BCUT2D eigenvalue weighted by atomic mass is 10.0. The standard InChI is InChI=1S/C16H21N3OS/c1-11-13(16(20-3)19(2)18-11)10-17-14-8-9-21-15-7-5-4-6-12(14)15/h4-7,14,17H,8-10H2,1-3H3. The van der Waals surface area contributed by atoms with E-state index in [1.807, 2.05) is 25.7 Å². The molecular weight excluding hydrogens is 282 g/mol. The molecule has 1 aromatic carbocycles. The minimum absolute atomic E-state index is 0.409. The summed E-state index contributed by atoms with van der Waals surface area (Å²) in [6.07, 6.45) is 1.16. The molecular formula is C16H21N3OS. The molecule has 0 spiro atoms. The van der Waals surface area contributed by atoms with Crippen LogP contribution in [0.3, 0.4) is 0 Å². The van der Waals surface area contributed by atoms with Crippen molar-refractivity contribution in [3.8, 4) is 5.88 Å². The third kappa shape index (κ3) is 2.80. The number of aryl methyl sites for hydroxylation is 2. The highest BCUT2D eigenvalue weighted by Crippen LogP contribution is 2.36. The zero-order valence-corrected chi connectivity index (χ0v) is 13.5. The van der Waals surface area contributed by atoms with Gasteiger partial charge in [-0.15, -0.1) is 11.8 Å². The largest absolute Gasteiger partial charge is 0.481 e. The van der Waals surface area contributed by atoms with Gasteiger partial charge in [-0.3, -0.25) is 0 Å². The molecule has 0 bridgehead atoms. The highest BCUT2D eigenvalue weighted by Gasteiger charge is 2.21. The Hall–Kier alpha value is -1.46. The summed E-state index contributed by atoms with van der Waals surface area (Å²) in [4.78, 5) is 1.40. The molecule has 3 rings (SSSR count). The molecule has 0 aliphatic carbocycles. The first-order valence-electron chi connectivity index (χ1n) is 7.22. The zero-order chi connectivity index (χ0) is 14.8. The van der Waals surface area contributed by atoms with E-state index in [-0.39, 0.29) is 0 Å². The summed E-state index contributed by atoms with van der Waals surface area (Å²) >= 11 is 1.95. The van der Waals surface area contributed by atoms with Crippen LogP contribution in [0.15, 0.2) is 29.2 Å². The Bertz CT molecular complexity index is 638. The number of thioether (sulfide) groups is 1. The molecule has 112 valence electrons. The number of nitrogens with zero attached hydrogens (tertiary/aromatic N) is 2. The number of rotatable bonds is 4. The van der Waals surface area contributed by atoms with Crippen LogP contribution in [-0.2, 0) is 13.6 Å². The first-order valence-corrected chi connectivity index (χ1v) is 8.21. The summed E-state index contributed by atoms with van der Waals surface area (Å²) in [5, 5.41) is 8.11. The molecule has 0 saturated heterocycles. The molecule has 1 N–H and O–H groups in total. The van der Waals surface area contributed by atoms with E-state index in [4.69, 9.17) is 4.74 Å². The number of nitrogens with one attached hydrogen (secondary N) is 1. The number of ether oxygens (including phenoxy) is 1. The fourth-order valence-corrected chi connectivity index (χ4v) is 4.04. The molecule has 0 fully saturated rings. The lowest BCUT2D eigenvalue weighted by Gasteiger charge is -2.26. The average Bonchev–Trinajstić information content (AvgIpc) is 2.78. The lowest BCUT2D eigenvalue weighted by molar-refractivity contribution is 0.366. The third-order valence-electron chi connectivity index (χ3n) is 3.97. The number of aromatic nitrogens is 2. The van der Waals surface area contributed by atoms with Crippen LogP contribution in [0.4, 0.5) is 0 Å². The number of benzene rings is 1. The molecule has 1 aromatic heterocycles. The summed E-state index contributed by atoms with van der Waals surface area (Å²) in [6.45, 7) is 2.82. The van der Waals surface area contributed by atoms with E-state index in [0.29, 0.717) is 6.04 Å². The minimum Gasteiger partial charge on any atom is -0.481 e. The van der Waals surface area contributed by atoms with E-state index in [0.717, 1.165) is 35.9 Å². The Morgan fingerprint density at radius 3 is 3.05 bits per heavy atom. The van der Waals surface area contributed by atoms with Crippen LogP contribution in [0.1, 0.15) is 29.3 Å². The number of hydrogen-bond donors (Lipinski definition) is 1. The average molecular weight is 303 g/mol. The summed E-state index contributed by atoms with van der Waals surface area (Å²) in [5.74, 6) is 2.01. The van der Waals surface area contributed by atoms with Crippen LogP contribution in [0, 0.1) is 6.92 Å². The summed E-state index contributed by atoms with van der Waals surface area (Å²) in [6, 6.07) is 9.08. The van der Waals surface area contributed by atoms with Crippen molar-refractivity contribution in [1.82, 2.24) is 15.1 Å². The second-order valence-electron chi connectivity index (χ2n) is 5.31. The van der Waals surface area contributed by atoms with Crippen LogP contribution >= 0.6 is 11.8 Å². The minimum atomic E-state index is 0.409. The molecule has 21 heavy (non-hydrogen) atoms. The topological polar surface area (TPSA) is 39.1 Å².